The topological polar surface area (TPSA) is 46.8 Å². The molecule has 0 amide bonds. The molecule has 1 aliphatic carbocycles. The summed E-state index contributed by atoms with van der Waals surface area (Å²) in [7, 11) is 1.73. The van der Waals surface area contributed by atoms with Crippen molar-refractivity contribution in [3.8, 4) is 5.75 Å². The second-order valence-corrected chi connectivity index (χ2v) is 8.46. The van der Waals surface area contributed by atoms with E-state index in [0.29, 0.717) is 5.92 Å². The highest BCUT2D eigenvalue weighted by atomic mass is 16.5. The van der Waals surface area contributed by atoms with Gasteiger partial charge in [0.2, 0.25) is 0 Å². The van der Waals surface area contributed by atoms with Gasteiger partial charge in [-0.05, 0) is 67.3 Å². The van der Waals surface area contributed by atoms with Gasteiger partial charge in [0, 0.05) is 37.1 Å². The largest absolute Gasteiger partial charge is 0.497 e. The molecule has 0 radical (unpaired) electrons. The minimum atomic E-state index is 0.0736. The first kappa shape index (κ1) is 18.4. The first-order valence-electron chi connectivity index (χ1n) is 10.5. The minimum absolute atomic E-state index is 0.0736. The molecule has 1 saturated heterocycles. The van der Waals surface area contributed by atoms with Gasteiger partial charge in [0.15, 0.2) is 0 Å². The maximum atomic E-state index is 12.9. The van der Waals surface area contributed by atoms with Gasteiger partial charge >= 0.3 is 0 Å². The molecule has 5 nitrogen and oxygen atoms in total. The van der Waals surface area contributed by atoms with Crippen molar-refractivity contribution in [2.75, 3.05) is 26.7 Å². The second kappa shape index (κ2) is 7.30. The Morgan fingerprint density at radius 1 is 1.17 bits per heavy atom. The van der Waals surface area contributed by atoms with Gasteiger partial charge in [-0.2, -0.15) is 0 Å². The number of likely N-dealkylation sites (tertiary alicyclic amines) is 1. The molecule has 1 aliphatic heterocycles. The molecular formula is C24H27N3O2. The molecular weight excluding hydrogens is 362 g/mol. The van der Waals surface area contributed by atoms with E-state index in [4.69, 9.17) is 4.74 Å². The molecule has 2 aromatic heterocycles. The van der Waals surface area contributed by atoms with Crippen LogP contribution in [0.3, 0.4) is 0 Å². The lowest BCUT2D eigenvalue weighted by Gasteiger charge is -2.40. The monoisotopic (exact) mass is 389 g/mol. The highest BCUT2D eigenvalue weighted by molar-refractivity contribution is 5.40. The minimum Gasteiger partial charge on any atom is -0.497 e. The van der Waals surface area contributed by atoms with E-state index in [-0.39, 0.29) is 5.56 Å². The summed E-state index contributed by atoms with van der Waals surface area (Å²) < 4.78 is 7.06. The fourth-order valence-corrected chi connectivity index (χ4v) is 5.23. The van der Waals surface area contributed by atoms with E-state index in [1.54, 1.807) is 11.5 Å². The Balaban J connectivity index is 1.27. The molecule has 3 aromatic rings. The van der Waals surface area contributed by atoms with Crippen LogP contribution in [0.25, 0.3) is 5.65 Å². The Kier molecular flexibility index (Phi) is 4.63. The number of benzene rings is 1. The van der Waals surface area contributed by atoms with Crippen molar-refractivity contribution in [1.82, 2.24) is 14.3 Å². The maximum Gasteiger partial charge on any atom is 0.261 e. The van der Waals surface area contributed by atoms with Crippen LogP contribution in [0, 0.1) is 18.8 Å². The lowest BCUT2D eigenvalue weighted by Crippen LogP contribution is -2.33. The molecule has 0 spiro atoms. The molecule has 1 saturated carbocycles. The molecule has 3 heterocycles. The Bertz CT molecular complexity index is 1110. The van der Waals surface area contributed by atoms with Crippen molar-refractivity contribution in [3.05, 3.63) is 75.8 Å². The number of rotatable bonds is 5. The van der Waals surface area contributed by atoms with Crippen LogP contribution in [-0.4, -0.2) is 41.0 Å². The van der Waals surface area contributed by atoms with Crippen LogP contribution in [0.4, 0.5) is 0 Å². The van der Waals surface area contributed by atoms with Crippen LogP contribution in [0.2, 0.25) is 0 Å². The SMILES string of the molecule is COc1cccc(C2CC3CN(CCc4c(C)nc5ccccn5c4=O)CC32)c1. The van der Waals surface area contributed by atoms with Crippen molar-refractivity contribution < 1.29 is 4.74 Å². The molecule has 2 aliphatic rings. The molecule has 3 unspecified atom stereocenters. The van der Waals surface area contributed by atoms with Crippen molar-refractivity contribution in [3.63, 3.8) is 0 Å². The lowest BCUT2D eigenvalue weighted by atomic mass is 9.64. The third kappa shape index (κ3) is 3.23. The Hall–Kier alpha value is -2.66. The maximum absolute atomic E-state index is 12.9. The van der Waals surface area contributed by atoms with E-state index in [2.05, 4.69) is 28.1 Å². The van der Waals surface area contributed by atoms with E-state index < -0.39 is 0 Å². The number of aromatic nitrogens is 2. The van der Waals surface area contributed by atoms with E-state index in [9.17, 15) is 4.79 Å². The standard InChI is InChI=1S/C24H27N3O2/c1-16-20(24(28)27-10-4-3-8-23(27)25-16)9-11-26-14-18-13-21(22(18)15-26)17-6-5-7-19(12-17)29-2/h3-8,10,12,18,21-22H,9,11,13-15H2,1-2H3. The van der Waals surface area contributed by atoms with Crippen LogP contribution >= 0.6 is 0 Å². The molecule has 5 heteroatoms. The summed E-state index contributed by atoms with van der Waals surface area (Å²) in [6, 6.07) is 14.2. The number of pyridine rings is 1. The fourth-order valence-electron chi connectivity index (χ4n) is 5.23. The summed E-state index contributed by atoms with van der Waals surface area (Å²) in [6.07, 6.45) is 3.83. The Labute approximate surface area is 171 Å². The zero-order valence-corrected chi connectivity index (χ0v) is 17.0. The number of ether oxygens (including phenoxy) is 1. The van der Waals surface area contributed by atoms with Gasteiger partial charge in [0.25, 0.3) is 5.56 Å². The third-order valence-electron chi connectivity index (χ3n) is 6.88. The zero-order valence-electron chi connectivity index (χ0n) is 17.0. The summed E-state index contributed by atoms with van der Waals surface area (Å²) >= 11 is 0. The number of hydrogen-bond acceptors (Lipinski definition) is 4. The summed E-state index contributed by atoms with van der Waals surface area (Å²) in [5, 5.41) is 0. The van der Waals surface area contributed by atoms with E-state index in [0.717, 1.165) is 60.5 Å². The Morgan fingerprint density at radius 3 is 2.93 bits per heavy atom. The highest BCUT2D eigenvalue weighted by Crippen LogP contribution is 2.51. The molecule has 0 N–H and O–H groups in total. The van der Waals surface area contributed by atoms with Gasteiger partial charge in [-0.1, -0.05) is 18.2 Å². The van der Waals surface area contributed by atoms with Crippen LogP contribution in [-0.2, 0) is 6.42 Å². The third-order valence-corrected chi connectivity index (χ3v) is 6.88. The second-order valence-electron chi connectivity index (χ2n) is 8.46. The molecule has 1 aromatic carbocycles. The number of hydrogen-bond donors (Lipinski definition) is 0. The van der Waals surface area contributed by atoms with Gasteiger partial charge < -0.3 is 9.64 Å². The first-order valence-corrected chi connectivity index (χ1v) is 10.5. The van der Waals surface area contributed by atoms with Crippen molar-refractivity contribution >= 4 is 5.65 Å². The number of aryl methyl sites for hydroxylation is 1. The highest BCUT2D eigenvalue weighted by Gasteiger charge is 2.47. The molecule has 0 bridgehead atoms. The Morgan fingerprint density at radius 2 is 2.07 bits per heavy atom. The van der Waals surface area contributed by atoms with Gasteiger partial charge in [-0.15, -0.1) is 0 Å². The summed E-state index contributed by atoms with van der Waals surface area (Å²) in [5.74, 6) is 3.08. The number of methoxy groups -OCH3 is 1. The van der Waals surface area contributed by atoms with Crippen LogP contribution < -0.4 is 10.3 Å². The smallest absolute Gasteiger partial charge is 0.261 e. The zero-order chi connectivity index (χ0) is 20.0. The summed E-state index contributed by atoms with van der Waals surface area (Å²) in [6.45, 7) is 5.14. The molecule has 2 fully saturated rings. The molecule has 3 atom stereocenters. The lowest BCUT2D eigenvalue weighted by molar-refractivity contribution is 0.190. The quantitative estimate of drug-likeness (QED) is 0.672. The van der Waals surface area contributed by atoms with Crippen molar-refractivity contribution in [2.24, 2.45) is 11.8 Å². The summed E-state index contributed by atoms with van der Waals surface area (Å²) in [4.78, 5) is 20.0. The first-order chi connectivity index (χ1) is 14.1. The van der Waals surface area contributed by atoms with Gasteiger partial charge in [0.05, 0.1) is 7.11 Å². The normalized spacial score (nSPS) is 23.7. The average Bonchev–Trinajstić information content (AvgIpc) is 3.04. The number of fused-ring (bicyclic) bond motifs is 2. The van der Waals surface area contributed by atoms with E-state index in [1.165, 1.54) is 12.0 Å². The molecule has 150 valence electrons. The molecule has 29 heavy (non-hydrogen) atoms. The summed E-state index contributed by atoms with van der Waals surface area (Å²) in [5.41, 5.74) is 3.90. The van der Waals surface area contributed by atoms with Crippen LogP contribution in [0.1, 0.15) is 29.2 Å². The van der Waals surface area contributed by atoms with E-state index >= 15 is 0 Å². The van der Waals surface area contributed by atoms with E-state index in [1.807, 2.05) is 37.4 Å². The predicted octanol–water partition coefficient (Wildman–Crippen LogP) is 3.29. The number of nitrogens with zero attached hydrogens (tertiary/aromatic N) is 3. The molecule has 5 rings (SSSR count). The van der Waals surface area contributed by atoms with Gasteiger partial charge in [-0.25, -0.2) is 4.98 Å². The van der Waals surface area contributed by atoms with Crippen LogP contribution in [0.15, 0.2) is 53.5 Å². The predicted molar refractivity (Wildman–Crippen MR) is 114 cm³/mol. The van der Waals surface area contributed by atoms with Crippen molar-refractivity contribution in [2.45, 2.75) is 25.7 Å². The average molecular weight is 389 g/mol. The van der Waals surface area contributed by atoms with Gasteiger partial charge in [-0.3, -0.25) is 9.20 Å². The fraction of sp³-hybridized carbons (Fsp3) is 0.417. The van der Waals surface area contributed by atoms with Crippen LogP contribution in [0.5, 0.6) is 5.75 Å². The van der Waals surface area contributed by atoms with Gasteiger partial charge in [0.1, 0.15) is 11.4 Å². The van der Waals surface area contributed by atoms with Crippen molar-refractivity contribution in [1.29, 1.82) is 0 Å².